The summed E-state index contributed by atoms with van der Waals surface area (Å²) in [4.78, 5) is 4.60. The van der Waals surface area contributed by atoms with Crippen molar-refractivity contribution in [3.05, 3.63) is 47.0 Å². The van der Waals surface area contributed by atoms with Gasteiger partial charge in [0, 0.05) is 62.7 Å². The molecule has 0 saturated carbocycles. The molecule has 1 aliphatic rings. The van der Waals surface area contributed by atoms with Gasteiger partial charge in [-0.3, -0.25) is 14.9 Å². The van der Waals surface area contributed by atoms with Crippen LogP contribution in [0.4, 0.5) is 4.39 Å². The fraction of sp³-hybridized carbons (Fsp3) is 0.526. The summed E-state index contributed by atoms with van der Waals surface area (Å²) in [7, 11) is 1.53. The molecule has 26 heavy (non-hydrogen) atoms. The van der Waals surface area contributed by atoms with Gasteiger partial charge >= 0.3 is 0 Å². The summed E-state index contributed by atoms with van der Waals surface area (Å²) in [6.45, 7) is 6.01. The second kappa shape index (κ2) is 8.62. The van der Waals surface area contributed by atoms with E-state index in [-0.39, 0.29) is 18.5 Å². The highest BCUT2D eigenvalue weighted by molar-refractivity contribution is 5.29. The lowest BCUT2D eigenvalue weighted by Crippen LogP contribution is -2.52. The van der Waals surface area contributed by atoms with Crippen LogP contribution in [0.5, 0.6) is 5.75 Å². The molecule has 142 valence electrons. The first-order valence-electron chi connectivity index (χ1n) is 8.99. The Kier molecular flexibility index (Phi) is 6.24. The smallest absolute Gasteiger partial charge is 0.131 e. The minimum Gasteiger partial charge on any atom is -0.497 e. The molecule has 2 aromatic rings. The molecule has 0 spiro atoms. The van der Waals surface area contributed by atoms with Gasteiger partial charge in [0.1, 0.15) is 11.6 Å². The molecule has 2 heterocycles. The molecule has 6 nitrogen and oxygen atoms in total. The summed E-state index contributed by atoms with van der Waals surface area (Å²) in [5.41, 5.74) is 2.74. The van der Waals surface area contributed by atoms with Gasteiger partial charge in [0.25, 0.3) is 0 Å². The van der Waals surface area contributed by atoms with E-state index in [1.165, 1.54) is 13.2 Å². The quantitative estimate of drug-likeness (QED) is 0.788. The molecular formula is C19H27FN4O2. The third-order valence-electron chi connectivity index (χ3n) is 4.93. The predicted molar refractivity (Wildman–Crippen MR) is 97.5 cm³/mol. The number of ether oxygens (including phenoxy) is 1. The number of piperazine rings is 1. The predicted octanol–water partition coefficient (Wildman–Crippen LogP) is 1.93. The first kappa shape index (κ1) is 18.8. The lowest BCUT2D eigenvalue weighted by atomic mass is 10.1. The molecule has 1 aromatic carbocycles. The van der Waals surface area contributed by atoms with Crippen LogP contribution >= 0.6 is 0 Å². The summed E-state index contributed by atoms with van der Waals surface area (Å²) in [6.07, 6.45) is 0.674. The third kappa shape index (κ3) is 4.60. The number of hydrogen-bond acceptors (Lipinski definition) is 5. The minimum atomic E-state index is -0.249. The van der Waals surface area contributed by atoms with E-state index in [9.17, 15) is 9.50 Å². The minimum absolute atomic E-state index is 0.127. The molecule has 0 radical (unpaired) electrons. The van der Waals surface area contributed by atoms with E-state index < -0.39 is 0 Å². The molecule has 1 fully saturated rings. The zero-order valence-electron chi connectivity index (χ0n) is 15.4. The zero-order chi connectivity index (χ0) is 18.5. The van der Waals surface area contributed by atoms with Gasteiger partial charge in [-0.2, -0.15) is 5.10 Å². The molecule has 1 atom stereocenters. The van der Waals surface area contributed by atoms with Crippen molar-refractivity contribution >= 4 is 0 Å². The molecule has 2 N–H and O–H groups in total. The van der Waals surface area contributed by atoms with Crippen LogP contribution in [0.15, 0.2) is 24.3 Å². The maximum Gasteiger partial charge on any atom is 0.131 e. The number of H-pyrrole nitrogens is 1. The van der Waals surface area contributed by atoms with E-state index >= 15 is 0 Å². The van der Waals surface area contributed by atoms with Crippen molar-refractivity contribution in [1.82, 2.24) is 20.0 Å². The van der Waals surface area contributed by atoms with Crippen molar-refractivity contribution in [3.8, 4) is 5.75 Å². The summed E-state index contributed by atoms with van der Waals surface area (Å²) in [5, 5.41) is 16.7. The van der Waals surface area contributed by atoms with Crippen molar-refractivity contribution in [2.24, 2.45) is 0 Å². The Morgan fingerprint density at radius 2 is 2.15 bits per heavy atom. The number of aromatic amines is 1. The largest absolute Gasteiger partial charge is 0.497 e. The van der Waals surface area contributed by atoms with Gasteiger partial charge in [-0.1, -0.05) is 6.07 Å². The second-order valence-corrected chi connectivity index (χ2v) is 6.87. The first-order chi connectivity index (χ1) is 12.6. The maximum atomic E-state index is 14.3. The number of aliphatic hydroxyl groups is 1. The molecule has 3 rings (SSSR count). The van der Waals surface area contributed by atoms with Gasteiger partial charge in [-0.25, -0.2) is 4.39 Å². The number of methoxy groups -OCH3 is 1. The zero-order valence-corrected chi connectivity index (χ0v) is 15.4. The molecule has 1 aromatic heterocycles. The summed E-state index contributed by atoms with van der Waals surface area (Å²) in [6, 6.07) is 7.24. The monoisotopic (exact) mass is 362 g/mol. The number of nitrogens with one attached hydrogen (secondary N) is 1. The number of nitrogens with zero attached hydrogens (tertiary/aromatic N) is 3. The second-order valence-electron chi connectivity index (χ2n) is 6.87. The van der Waals surface area contributed by atoms with Gasteiger partial charge in [0.05, 0.1) is 12.8 Å². The van der Waals surface area contributed by atoms with E-state index in [1.54, 1.807) is 12.1 Å². The number of halogens is 1. The van der Waals surface area contributed by atoms with Crippen molar-refractivity contribution < 1.29 is 14.2 Å². The van der Waals surface area contributed by atoms with E-state index in [2.05, 4.69) is 26.1 Å². The fourth-order valence-electron chi connectivity index (χ4n) is 3.52. The molecule has 0 aliphatic carbocycles. The highest BCUT2D eigenvalue weighted by Gasteiger charge is 2.27. The van der Waals surface area contributed by atoms with Crippen molar-refractivity contribution in [2.45, 2.75) is 32.5 Å². The van der Waals surface area contributed by atoms with Crippen LogP contribution in [0.1, 0.15) is 23.4 Å². The highest BCUT2D eigenvalue weighted by Crippen LogP contribution is 2.22. The summed E-state index contributed by atoms with van der Waals surface area (Å²) >= 11 is 0. The van der Waals surface area contributed by atoms with Crippen LogP contribution < -0.4 is 4.74 Å². The van der Waals surface area contributed by atoms with E-state index in [1.807, 2.05) is 6.92 Å². The topological polar surface area (TPSA) is 64.6 Å². The molecule has 7 heteroatoms. The van der Waals surface area contributed by atoms with Crippen molar-refractivity contribution in [2.75, 3.05) is 33.4 Å². The maximum absolute atomic E-state index is 14.3. The SMILES string of the molecule is COc1ccc(CN2CCN(Cc3cc(C)[nH]n3)CC2CCO)c(F)c1. The summed E-state index contributed by atoms with van der Waals surface area (Å²) in [5.74, 6) is 0.277. The Labute approximate surface area is 153 Å². The Hall–Kier alpha value is -1.96. The first-order valence-corrected chi connectivity index (χ1v) is 8.99. The van der Waals surface area contributed by atoms with E-state index in [4.69, 9.17) is 4.74 Å². The van der Waals surface area contributed by atoms with Crippen LogP contribution in [-0.2, 0) is 13.1 Å². The molecule has 0 bridgehead atoms. The van der Waals surface area contributed by atoms with Crippen LogP contribution in [0.25, 0.3) is 0 Å². The van der Waals surface area contributed by atoms with E-state index in [0.717, 1.165) is 37.6 Å². The fourth-order valence-corrected chi connectivity index (χ4v) is 3.52. The normalized spacial score (nSPS) is 19.0. The molecule has 1 aliphatic heterocycles. The van der Waals surface area contributed by atoms with Crippen LogP contribution in [-0.4, -0.2) is 64.5 Å². The van der Waals surface area contributed by atoms with Crippen LogP contribution in [0, 0.1) is 12.7 Å². The molecule has 0 amide bonds. The van der Waals surface area contributed by atoms with Crippen molar-refractivity contribution in [3.63, 3.8) is 0 Å². The van der Waals surface area contributed by atoms with Crippen LogP contribution in [0.2, 0.25) is 0 Å². The Bertz CT molecular complexity index is 721. The lowest BCUT2D eigenvalue weighted by Gasteiger charge is -2.41. The molecular weight excluding hydrogens is 335 g/mol. The van der Waals surface area contributed by atoms with E-state index in [0.29, 0.717) is 24.3 Å². The highest BCUT2D eigenvalue weighted by atomic mass is 19.1. The average Bonchev–Trinajstić information content (AvgIpc) is 3.03. The standard InChI is InChI=1S/C19H27FN4O2/c1-14-9-16(22-21-14)12-23-6-7-24(17(13-23)5-8-25)11-15-3-4-18(26-2)10-19(15)20/h3-4,9-10,17,25H,5-8,11-13H2,1-2H3,(H,21,22). The Morgan fingerprint density at radius 3 is 2.81 bits per heavy atom. The van der Waals surface area contributed by atoms with Crippen molar-refractivity contribution in [1.29, 1.82) is 0 Å². The van der Waals surface area contributed by atoms with Gasteiger partial charge in [-0.15, -0.1) is 0 Å². The number of aryl methyl sites for hydroxylation is 1. The number of rotatable bonds is 7. The lowest BCUT2D eigenvalue weighted by molar-refractivity contribution is 0.0487. The molecule has 1 saturated heterocycles. The number of hydrogen-bond donors (Lipinski definition) is 2. The number of aromatic nitrogens is 2. The van der Waals surface area contributed by atoms with Crippen LogP contribution in [0.3, 0.4) is 0 Å². The Balaban J connectivity index is 1.64. The number of aliphatic hydroxyl groups excluding tert-OH is 1. The Morgan fingerprint density at radius 1 is 1.31 bits per heavy atom. The van der Waals surface area contributed by atoms with Gasteiger partial charge in [-0.05, 0) is 25.5 Å². The van der Waals surface area contributed by atoms with Gasteiger partial charge < -0.3 is 9.84 Å². The molecule has 1 unspecified atom stereocenters. The van der Waals surface area contributed by atoms with Gasteiger partial charge in [0.15, 0.2) is 0 Å². The van der Waals surface area contributed by atoms with Gasteiger partial charge in [0.2, 0.25) is 0 Å². The number of benzene rings is 1. The summed E-state index contributed by atoms with van der Waals surface area (Å²) < 4.78 is 19.4. The third-order valence-corrected chi connectivity index (χ3v) is 4.93. The average molecular weight is 362 g/mol.